The van der Waals surface area contributed by atoms with Gasteiger partial charge in [0.15, 0.2) is 12.4 Å². The molecular formula is C22H25N5O3. The minimum absolute atomic E-state index is 0.138. The van der Waals surface area contributed by atoms with Crippen molar-refractivity contribution in [1.29, 1.82) is 0 Å². The normalized spacial score (nSPS) is 17.0. The van der Waals surface area contributed by atoms with Crippen molar-refractivity contribution in [3.63, 3.8) is 0 Å². The molecule has 1 amide bonds. The van der Waals surface area contributed by atoms with Gasteiger partial charge in [-0.05, 0) is 45.9 Å². The molecule has 3 heterocycles. The van der Waals surface area contributed by atoms with Crippen LogP contribution in [0, 0.1) is 13.8 Å². The summed E-state index contributed by atoms with van der Waals surface area (Å²) in [7, 11) is 0. The van der Waals surface area contributed by atoms with Crippen molar-refractivity contribution < 1.29 is 14.3 Å². The highest BCUT2D eigenvalue weighted by Crippen LogP contribution is 2.39. The Morgan fingerprint density at radius 1 is 1.23 bits per heavy atom. The van der Waals surface area contributed by atoms with E-state index in [2.05, 4.69) is 20.6 Å². The fourth-order valence-corrected chi connectivity index (χ4v) is 3.67. The molecule has 0 aliphatic carbocycles. The summed E-state index contributed by atoms with van der Waals surface area (Å²) in [5.74, 6) is 1.45. The number of para-hydroxylation sites is 1. The minimum atomic E-state index is -0.364. The van der Waals surface area contributed by atoms with E-state index >= 15 is 0 Å². The molecule has 0 saturated carbocycles. The number of aryl methyl sites for hydroxylation is 2. The Hall–Kier alpha value is -3.42. The highest BCUT2D eigenvalue weighted by atomic mass is 16.5. The van der Waals surface area contributed by atoms with Gasteiger partial charge in [-0.25, -0.2) is 4.68 Å². The first-order chi connectivity index (χ1) is 14.3. The van der Waals surface area contributed by atoms with Crippen molar-refractivity contribution in [1.82, 2.24) is 25.3 Å². The highest BCUT2D eigenvalue weighted by Gasteiger charge is 2.34. The van der Waals surface area contributed by atoms with Crippen molar-refractivity contribution in [3.05, 3.63) is 59.4 Å². The average Bonchev–Trinajstić information content (AvgIpc) is 3.04. The Kier molecular flexibility index (Phi) is 5.15. The Balaban J connectivity index is 1.38. The van der Waals surface area contributed by atoms with E-state index in [1.807, 2.05) is 58.0 Å². The van der Waals surface area contributed by atoms with Crippen LogP contribution in [0.4, 0.5) is 0 Å². The Labute approximate surface area is 175 Å². The van der Waals surface area contributed by atoms with E-state index in [1.54, 1.807) is 16.8 Å². The Bertz CT molecular complexity index is 1060. The number of nitrogens with one attached hydrogen (secondary N) is 1. The van der Waals surface area contributed by atoms with Gasteiger partial charge in [-0.1, -0.05) is 18.2 Å². The van der Waals surface area contributed by atoms with Crippen LogP contribution < -0.4 is 14.8 Å². The van der Waals surface area contributed by atoms with Gasteiger partial charge in [-0.15, -0.1) is 10.2 Å². The van der Waals surface area contributed by atoms with Crippen LogP contribution >= 0.6 is 0 Å². The molecule has 30 heavy (non-hydrogen) atoms. The quantitative estimate of drug-likeness (QED) is 0.699. The van der Waals surface area contributed by atoms with Crippen molar-refractivity contribution in [3.8, 4) is 17.4 Å². The molecule has 1 unspecified atom stereocenters. The first-order valence-electron chi connectivity index (χ1n) is 9.88. The molecule has 1 aliphatic heterocycles. The number of hydrogen-bond acceptors (Lipinski definition) is 6. The van der Waals surface area contributed by atoms with Crippen LogP contribution in [0.5, 0.6) is 11.6 Å². The van der Waals surface area contributed by atoms with E-state index in [4.69, 9.17) is 9.47 Å². The molecule has 3 aromatic rings. The van der Waals surface area contributed by atoms with Crippen molar-refractivity contribution in [2.75, 3.05) is 6.61 Å². The average molecular weight is 407 g/mol. The molecule has 0 fully saturated rings. The second-order valence-electron chi connectivity index (χ2n) is 8.08. The van der Waals surface area contributed by atoms with Gasteiger partial charge in [0, 0.05) is 23.7 Å². The fraction of sp³-hybridized carbons (Fsp3) is 0.364. The number of carbonyl (C=O) groups excluding carboxylic acids is 1. The zero-order chi connectivity index (χ0) is 21.3. The number of carbonyl (C=O) groups is 1. The maximum absolute atomic E-state index is 12.5. The highest BCUT2D eigenvalue weighted by molar-refractivity contribution is 5.78. The van der Waals surface area contributed by atoms with Gasteiger partial charge in [-0.3, -0.25) is 4.79 Å². The summed E-state index contributed by atoms with van der Waals surface area (Å²) in [6.07, 6.45) is 0.674. The van der Waals surface area contributed by atoms with Crippen LogP contribution in [-0.4, -0.2) is 38.1 Å². The number of benzene rings is 1. The van der Waals surface area contributed by atoms with Crippen LogP contribution in [-0.2, 0) is 4.79 Å². The number of ether oxygens (including phenoxy) is 2. The third-order valence-electron chi connectivity index (χ3n) is 4.92. The number of aromatic nitrogens is 4. The smallest absolute Gasteiger partial charge is 0.258 e. The summed E-state index contributed by atoms with van der Waals surface area (Å²) in [6, 6.07) is 13.0. The molecule has 1 aliphatic rings. The summed E-state index contributed by atoms with van der Waals surface area (Å²) in [5, 5.41) is 15.6. The molecule has 8 heteroatoms. The van der Waals surface area contributed by atoms with Gasteiger partial charge < -0.3 is 14.8 Å². The lowest BCUT2D eigenvalue weighted by Gasteiger charge is -2.37. The number of rotatable bonds is 5. The van der Waals surface area contributed by atoms with E-state index in [9.17, 15) is 4.79 Å². The second-order valence-corrected chi connectivity index (χ2v) is 8.08. The number of nitrogens with zero attached hydrogens (tertiary/aromatic N) is 4. The van der Waals surface area contributed by atoms with Gasteiger partial charge in [0.05, 0.1) is 11.7 Å². The number of hydrogen-bond donors (Lipinski definition) is 1. The molecular weight excluding hydrogens is 382 g/mol. The molecule has 1 atom stereocenters. The van der Waals surface area contributed by atoms with E-state index < -0.39 is 0 Å². The van der Waals surface area contributed by atoms with Crippen molar-refractivity contribution in [2.24, 2.45) is 0 Å². The maximum Gasteiger partial charge on any atom is 0.258 e. The molecule has 0 spiro atoms. The van der Waals surface area contributed by atoms with Gasteiger partial charge in [0.1, 0.15) is 11.4 Å². The van der Waals surface area contributed by atoms with E-state index in [0.717, 1.165) is 22.7 Å². The molecule has 0 bridgehead atoms. The van der Waals surface area contributed by atoms with E-state index in [-0.39, 0.29) is 30.0 Å². The van der Waals surface area contributed by atoms with E-state index in [0.29, 0.717) is 12.2 Å². The lowest BCUT2D eigenvalue weighted by Crippen LogP contribution is -2.42. The lowest BCUT2D eigenvalue weighted by atomic mass is 9.90. The summed E-state index contributed by atoms with van der Waals surface area (Å²) in [4.78, 5) is 12.5. The minimum Gasteiger partial charge on any atom is -0.487 e. The fourth-order valence-electron chi connectivity index (χ4n) is 3.67. The van der Waals surface area contributed by atoms with Crippen molar-refractivity contribution in [2.45, 2.75) is 45.8 Å². The van der Waals surface area contributed by atoms with Gasteiger partial charge in [0.25, 0.3) is 5.91 Å². The maximum atomic E-state index is 12.5. The van der Waals surface area contributed by atoms with Crippen LogP contribution in [0.1, 0.15) is 43.3 Å². The first-order valence-corrected chi connectivity index (χ1v) is 9.88. The third-order valence-corrected chi connectivity index (χ3v) is 4.92. The molecule has 2 aromatic heterocycles. The molecule has 0 saturated heterocycles. The Morgan fingerprint density at radius 2 is 2.03 bits per heavy atom. The zero-order valence-electron chi connectivity index (χ0n) is 17.5. The topological polar surface area (TPSA) is 91.2 Å². The third kappa shape index (κ3) is 4.27. The number of fused-ring (bicyclic) bond motifs is 1. The summed E-state index contributed by atoms with van der Waals surface area (Å²) in [5.41, 5.74) is 2.48. The number of amides is 1. The van der Waals surface area contributed by atoms with Crippen LogP contribution in [0.3, 0.4) is 0 Å². The van der Waals surface area contributed by atoms with Crippen LogP contribution in [0.2, 0.25) is 0 Å². The largest absolute Gasteiger partial charge is 0.487 e. The zero-order valence-corrected chi connectivity index (χ0v) is 17.5. The van der Waals surface area contributed by atoms with Crippen LogP contribution in [0.25, 0.3) is 5.82 Å². The Morgan fingerprint density at radius 3 is 2.73 bits per heavy atom. The van der Waals surface area contributed by atoms with Crippen LogP contribution in [0.15, 0.2) is 42.5 Å². The lowest BCUT2D eigenvalue weighted by molar-refractivity contribution is -0.124. The molecule has 156 valence electrons. The molecule has 4 rings (SSSR count). The second kappa shape index (κ2) is 7.78. The predicted octanol–water partition coefficient (Wildman–Crippen LogP) is 3.08. The molecule has 0 radical (unpaired) electrons. The first kappa shape index (κ1) is 19.9. The predicted molar refractivity (Wildman–Crippen MR) is 111 cm³/mol. The van der Waals surface area contributed by atoms with Gasteiger partial charge in [-0.2, -0.15) is 5.10 Å². The van der Waals surface area contributed by atoms with Crippen molar-refractivity contribution >= 4 is 5.91 Å². The SMILES string of the molecule is Cc1cc(C)n(-c2ccc(OCC(=O)NC3CC(C)(C)Oc4ccccc43)nn2)n1. The van der Waals surface area contributed by atoms with Gasteiger partial charge in [0.2, 0.25) is 5.88 Å². The molecule has 1 aromatic carbocycles. The summed E-state index contributed by atoms with van der Waals surface area (Å²) < 4.78 is 13.3. The monoisotopic (exact) mass is 407 g/mol. The summed E-state index contributed by atoms with van der Waals surface area (Å²) >= 11 is 0. The molecule has 1 N–H and O–H groups in total. The standard InChI is InChI=1S/C22H25N5O3/c1-14-11-15(2)27(26-14)19-9-10-21(25-24-19)29-13-20(28)23-17-12-22(3,4)30-18-8-6-5-7-16(17)18/h5-11,17H,12-13H2,1-4H3,(H,23,28). The molecule has 8 nitrogen and oxygen atoms in total. The van der Waals surface area contributed by atoms with E-state index in [1.165, 1.54) is 0 Å². The van der Waals surface area contributed by atoms with Gasteiger partial charge >= 0.3 is 0 Å². The summed E-state index contributed by atoms with van der Waals surface area (Å²) in [6.45, 7) is 7.75.